The van der Waals surface area contributed by atoms with Crippen LogP contribution in [-0.4, -0.2) is 42.4 Å². The molecular weight excluding hydrogens is 568 g/mol. The third-order valence-electron chi connectivity index (χ3n) is 8.24. The molecule has 2 heterocycles. The highest BCUT2D eigenvalue weighted by molar-refractivity contribution is 7.44. The number of likely N-dealkylation sites (tertiary alicyclic amines) is 1. The number of halogens is 5. The number of nitrogens with one attached hydrogen (secondary N) is 1. The molecule has 2 aliphatic heterocycles. The monoisotopic (exact) mass is 601 g/mol. The molecule has 0 aromatic heterocycles. The van der Waals surface area contributed by atoms with Gasteiger partial charge in [0.05, 0.1) is 11.5 Å². The molecule has 0 saturated carbocycles. The number of amides is 1. The van der Waals surface area contributed by atoms with Gasteiger partial charge in [0.2, 0.25) is 5.91 Å². The van der Waals surface area contributed by atoms with Crippen LogP contribution in [0.15, 0.2) is 78.7 Å². The van der Waals surface area contributed by atoms with Gasteiger partial charge in [-0.25, -0.2) is 8.78 Å². The van der Waals surface area contributed by atoms with Crippen LogP contribution >= 0.6 is 8.58 Å². The summed E-state index contributed by atoms with van der Waals surface area (Å²) in [6.07, 6.45) is -2.35. The fourth-order valence-corrected chi connectivity index (χ4v) is 7.62. The summed E-state index contributed by atoms with van der Waals surface area (Å²) in [5.74, 6) is -1.50. The van der Waals surface area contributed by atoms with Crippen molar-refractivity contribution in [2.24, 2.45) is 0 Å². The fourth-order valence-electron chi connectivity index (χ4n) is 6.03. The number of fused-ring (bicyclic) bond motifs is 2. The first-order chi connectivity index (χ1) is 19.9. The summed E-state index contributed by atoms with van der Waals surface area (Å²) in [6.45, 7) is 6.31. The van der Waals surface area contributed by atoms with E-state index in [-0.39, 0.29) is 23.4 Å². The first-order valence-corrected chi connectivity index (χ1v) is 14.9. The van der Waals surface area contributed by atoms with Crippen LogP contribution in [0.4, 0.5) is 27.6 Å². The maximum Gasteiger partial charge on any atom is 0.416 e. The van der Waals surface area contributed by atoms with E-state index in [1.54, 1.807) is 37.4 Å². The topological polar surface area (TPSA) is 35.6 Å². The molecule has 3 aromatic carbocycles. The van der Waals surface area contributed by atoms with Crippen molar-refractivity contribution >= 4 is 20.2 Å². The van der Waals surface area contributed by atoms with E-state index in [2.05, 4.69) is 16.8 Å². The minimum atomic E-state index is -4.47. The molecule has 222 valence electrons. The first kappa shape index (κ1) is 30.2. The molecule has 0 bridgehead atoms. The number of piperidine rings is 1. The predicted molar refractivity (Wildman–Crippen MR) is 157 cm³/mol. The lowest BCUT2D eigenvalue weighted by Gasteiger charge is -2.46. The number of alkyl halides is 3. The zero-order valence-electron chi connectivity index (χ0n) is 23.3. The summed E-state index contributed by atoms with van der Waals surface area (Å²) < 4.78 is 67.5. The molecule has 0 aliphatic carbocycles. The van der Waals surface area contributed by atoms with Gasteiger partial charge in [-0.3, -0.25) is 4.79 Å². The van der Waals surface area contributed by atoms with Crippen molar-refractivity contribution in [3.8, 4) is 0 Å². The van der Waals surface area contributed by atoms with E-state index in [1.165, 1.54) is 29.2 Å². The van der Waals surface area contributed by atoms with Gasteiger partial charge in [-0.1, -0.05) is 39.4 Å². The van der Waals surface area contributed by atoms with Crippen LogP contribution in [-0.2, 0) is 22.7 Å². The van der Waals surface area contributed by atoms with Crippen molar-refractivity contribution < 1.29 is 26.7 Å². The highest BCUT2D eigenvalue weighted by Crippen LogP contribution is 2.58. The molecule has 4 nitrogen and oxygen atoms in total. The SMILES string of the molecule is C=C1Nc2ccc(F)cc2C2(CCN(CCC(C(=O)N(C)Cc3cccc(C(F)(F)F)c3)c3ccc(F)cc3)CC2)P1. The molecule has 1 spiro atoms. The van der Waals surface area contributed by atoms with Crippen LogP contribution < -0.4 is 5.32 Å². The Hall–Kier alpha value is -3.29. The molecule has 1 saturated heterocycles. The molecule has 1 amide bonds. The molecule has 1 N–H and O–H groups in total. The van der Waals surface area contributed by atoms with Gasteiger partial charge in [-0.2, -0.15) is 13.2 Å². The Kier molecular flexibility index (Phi) is 8.72. The average molecular weight is 602 g/mol. The quantitative estimate of drug-likeness (QED) is 0.223. The fraction of sp³-hybridized carbons (Fsp3) is 0.344. The van der Waals surface area contributed by atoms with E-state index in [9.17, 15) is 26.7 Å². The number of anilines is 1. The van der Waals surface area contributed by atoms with E-state index >= 15 is 0 Å². The molecule has 10 heteroatoms. The van der Waals surface area contributed by atoms with Gasteiger partial charge in [0.15, 0.2) is 0 Å². The van der Waals surface area contributed by atoms with Gasteiger partial charge in [0.1, 0.15) is 11.6 Å². The highest BCUT2D eigenvalue weighted by atomic mass is 31.1. The van der Waals surface area contributed by atoms with E-state index in [4.69, 9.17) is 0 Å². The van der Waals surface area contributed by atoms with Gasteiger partial charge in [-0.15, -0.1) is 0 Å². The van der Waals surface area contributed by atoms with Crippen molar-refractivity contribution in [2.45, 2.75) is 43.1 Å². The zero-order valence-corrected chi connectivity index (χ0v) is 24.3. The lowest BCUT2D eigenvalue weighted by Crippen LogP contribution is -2.43. The third kappa shape index (κ3) is 6.68. The third-order valence-corrected chi connectivity index (χ3v) is 9.91. The van der Waals surface area contributed by atoms with Crippen molar-refractivity contribution in [3.05, 3.63) is 113 Å². The number of likely N-dealkylation sites (N-methyl/N-ethyl adjacent to an activating group) is 1. The number of hydrogen-bond acceptors (Lipinski definition) is 3. The number of rotatable bonds is 7. The zero-order chi connectivity index (χ0) is 30.1. The second-order valence-electron chi connectivity index (χ2n) is 11.1. The van der Waals surface area contributed by atoms with Gasteiger partial charge >= 0.3 is 6.18 Å². The van der Waals surface area contributed by atoms with Crippen LogP contribution in [0.1, 0.15) is 47.4 Å². The lowest BCUT2D eigenvalue weighted by atomic mass is 9.86. The molecule has 2 aliphatic rings. The Labute approximate surface area is 244 Å². The number of nitrogens with zero attached hydrogens (tertiary/aromatic N) is 2. The smallest absolute Gasteiger partial charge is 0.356 e. The van der Waals surface area contributed by atoms with E-state index in [0.717, 1.165) is 54.8 Å². The lowest BCUT2D eigenvalue weighted by molar-refractivity contribution is -0.137. The summed E-state index contributed by atoms with van der Waals surface area (Å²) in [7, 11) is 2.00. The van der Waals surface area contributed by atoms with Crippen LogP contribution in [0, 0.1) is 11.6 Å². The molecule has 0 radical (unpaired) electrons. The standard InChI is InChI=1S/C32H33F5N3OP/c1-21-38-29-11-10-26(34)19-28(29)31(42-21)13-16-40(17-14-31)15-12-27(23-6-8-25(33)9-7-23)30(41)39(2)20-22-4-3-5-24(18-22)32(35,36)37/h3-11,18-19,27,38,42H,1,12-17,20H2,2H3. The Morgan fingerprint density at radius 3 is 2.43 bits per heavy atom. The highest BCUT2D eigenvalue weighted by Gasteiger charge is 2.41. The number of carbonyl (C=O) groups is 1. The summed E-state index contributed by atoms with van der Waals surface area (Å²) >= 11 is 0. The van der Waals surface area contributed by atoms with Crippen LogP contribution in [0.5, 0.6) is 0 Å². The van der Waals surface area contributed by atoms with E-state index in [0.29, 0.717) is 32.7 Å². The maximum atomic E-state index is 14.2. The van der Waals surface area contributed by atoms with Crippen molar-refractivity contribution in [3.63, 3.8) is 0 Å². The van der Waals surface area contributed by atoms with E-state index in [1.807, 2.05) is 0 Å². The molecular formula is C32H33F5N3OP. The second kappa shape index (κ2) is 12.1. The molecule has 1 fully saturated rings. The number of carbonyl (C=O) groups excluding carboxylic acids is 1. The largest absolute Gasteiger partial charge is 0.416 e. The molecule has 2 atom stereocenters. The van der Waals surface area contributed by atoms with Gasteiger partial charge in [0, 0.05) is 29.9 Å². The summed E-state index contributed by atoms with van der Waals surface area (Å²) in [5.41, 5.74) is 3.10. The minimum absolute atomic E-state index is 0.0154. The normalized spacial score (nSPS) is 18.0. The molecule has 42 heavy (non-hydrogen) atoms. The summed E-state index contributed by atoms with van der Waals surface area (Å²) in [4.78, 5) is 17.4. The number of hydrogen-bond donors (Lipinski definition) is 1. The maximum absolute atomic E-state index is 14.2. The average Bonchev–Trinajstić information content (AvgIpc) is 2.95. The Morgan fingerprint density at radius 2 is 1.74 bits per heavy atom. The van der Waals surface area contributed by atoms with E-state index < -0.39 is 23.5 Å². The Morgan fingerprint density at radius 1 is 1.05 bits per heavy atom. The van der Waals surface area contributed by atoms with Gasteiger partial charge in [0.25, 0.3) is 0 Å². The molecule has 2 unspecified atom stereocenters. The van der Waals surface area contributed by atoms with Crippen molar-refractivity contribution in [1.29, 1.82) is 0 Å². The Balaban J connectivity index is 1.28. The van der Waals surface area contributed by atoms with Crippen molar-refractivity contribution in [1.82, 2.24) is 9.80 Å². The van der Waals surface area contributed by atoms with Crippen LogP contribution in [0.3, 0.4) is 0 Å². The first-order valence-electron chi connectivity index (χ1n) is 13.9. The predicted octanol–water partition coefficient (Wildman–Crippen LogP) is 7.68. The minimum Gasteiger partial charge on any atom is -0.356 e. The Bertz CT molecular complexity index is 1450. The summed E-state index contributed by atoms with van der Waals surface area (Å²) in [5, 5.41) is 3.12. The van der Waals surface area contributed by atoms with Crippen LogP contribution in [0.25, 0.3) is 0 Å². The molecule has 3 aromatic rings. The van der Waals surface area contributed by atoms with Gasteiger partial charge in [-0.05, 0) is 98.1 Å². The summed E-state index contributed by atoms with van der Waals surface area (Å²) in [6, 6.07) is 15.6. The molecule has 5 rings (SSSR count). The number of benzene rings is 3. The van der Waals surface area contributed by atoms with Gasteiger partial charge < -0.3 is 15.1 Å². The van der Waals surface area contributed by atoms with Crippen LogP contribution in [0.2, 0.25) is 0 Å². The van der Waals surface area contributed by atoms with Crippen molar-refractivity contribution in [2.75, 3.05) is 32.0 Å². The second-order valence-corrected chi connectivity index (χ2v) is 12.9.